The van der Waals surface area contributed by atoms with Crippen LogP contribution in [0.4, 0.5) is 5.69 Å². The van der Waals surface area contributed by atoms with E-state index in [0.717, 1.165) is 46.6 Å². The second kappa shape index (κ2) is 8.54. The van der Waals surface area contributed by atoms with Gasteiger partial charge in [-0.2, -0.15) is 0 Å². The first-order valence-electron chi connectivity index (χ1n) is 9.54. The van der Waals surface area contributed by atoms with Crippen molar-refractivity contribution < 1.29 is 9.59 Å². The summed E-state index contributed by atoms with van der Waals surface area (Å²) in [6.45, 7) is 1.99. The molecule has 0 aliphatic carbocycles. The number of piperidine rings is 1. The Morgan fingerprint density at radius 1 is 1.00 bits per heavy atom. The summed E-state index contributed by atoms with van der Waals surface area (Å²) < 4.78 is 1.13. The van der Waals surface area contributed by atoms with Gasteiger partial charge in [0.2, 0.25) is 5.91 Å². The van der Waals surface area contributed by atoms with Crippen LogP contribution in [0.25, 0.3) is 10.1 Å². The minimum atomic E-state index is -0.000962. The Balaban J connectivity index is 1.24. The molecule has 0 saturated carbocycles. The highest BCUT2D eigenvalue weighted by Crippen LogP contribution is 2.25. The van der Waals surface area contributed by atoms with Gasteiger partial charge in [0.25, 0.3) is 5.91 Å². The maximum atomic E-state index is 12.6. The number of carbonyl (C=O) groups is 2. The molecular formula is C22H23N3O2S. The van der Waals surface area contributed by atoms with Crippen molar-refractivity contribution >= 4 is 38.9 Å². The Labute approximate surface area is 168 Å². The first kappa shape index (κ1) is 18.7. The largest absolute Gasteiger partial charge is 0.349 e. The lowest BCUT2D eigenvalue weighted by atomic mass is 10.0. The smallest absolute Gasteiger partial charge is 0.261 e. The molecule has 2 N–H and O–H groups in total. The van der Waals surface area contributed by atoms with Crippen molar-refractivity contribution in [1.29, 1.82) is 0 Å². The van der Waals surface area contributed by atoms with Crippen molar-refractivity contribution in [1.82, 2.24) is 10.2 Å². The summed E-state index contributed by atoms with van der Waals surface area (Å²) in [5.41, 5.74) is 0.818. The van der Waals surface area contributed by atoms with Crippen molar-refractivity contribution in [3.05, 3.63) is 65.5 Å². The van der Waals surface area contributed by atoms with Crippen LogP contribution in [0.2, 0.25) is 0 Å². The number of benzene rings is 2. The van der Waals surface area contributed by atoms with Crippen molar-refractivity contribution in [2.24, 2.45) is 0 Å². The van der Waals surface area contributed by atoms with Gasteiger partial charge in [-0.1, -0.05) is 36.4 Å². The molecule has 28 heavy (non-hydrogen) atoms. The van der Waals surface area contributed by atoms with Crippen molar-refractivity contribution in [3.63, 3.8) is 0 Å². The van der Waals surface area contributed by atoms with E-state index in [1.165, 1.54) is 11.3 Å². The molecular weight excluding hydrogens is 370 g/mol. The Hall–Kier alpha value is -2.70. The van der Waals surface area contributed by atoms with Gasteiger partial charge in [-0.3, -0.25) is 14.5 Å². The molecule has 0 bridgehead atoms. The number of para-hydroxylation sites is 1. The van der Waals surface area contributed by atoms with Crippen LogP contribution in [0.1, 0.15) is 22.5 Å². The minimum Gasteiger partial charge on any atom is -0.349 e. The van der Waals surface area contributed by atoms with Crippen LogP contribution in [-0.2, 0) is 4.79 Å². The third-order valence-corrected chi connectivity index (χ3v) is 6.11. The second-order valence-corrected chi connectivity index (χ2v) is 8.17. The van der Waals surface area contributed by atoms with Crippen LogP contribution in [0, 0.1) is 0 Å². The van der Waals surface area contributed by atoms with E-state index in [0.29, 0.717) is 6.54 Å². The Morgan fingerprint density at radius 2 is 1.71 bits per heavy atom. The fourth-order valence-corrected chi connectivity index (χ4v) is 4.48. The average Bonchev–Trinajstić information content (AvgIpc) is 3.15. The van der Waals surface area contributed by atoms with Gasteiger partial charge in [0.15, 0.2) is 0 Å². The fourth-order valence-electron chi connectivity index (χ4n) is 3.51. The summed E-state index contributed by atoms with van der Waals surface area (Å²) in [6.07, 6.45) is 1.71. The van der Waals surface area contributed by atoms with E-state index in [-0.39, 0.29) is 17.9 Å². The third-order valence-electron chi connectivity index (χ3n) is 5.00. The monoisotopic (exact) mass is 393 g/mol. The lowest BCUT2D eigenvalue weighted by Gasteiger charge is -2.31. The van der Waals surface area contributed by atoms with Crippen LogP contribution < -0.4 is 10.6 Å². The zero-order chi connectivity index (χ0) is 19.3. The van der Waals surface area contributed by atoms with Gasteiger partial charge in [-0.15, -0.1) is 11.3 Å². The molecule has 6 heteroatoms. The molecule has 1 aromatic heterocycles. The summed E-state index contributed by atoms with van der Waals surface area (Å²) in [7, 11) is 0. The number of thiophene rings is 1. The fraction of sp³-hybridized carbons (Fsp3) is 0.273. The summed E-state index contributed by atoms with van der Waals surface area (Å²) in [6, 6.07) is 19.7. The molecule has 5 nitrogen and oxygen atoms in total. The Bertz CT molecular complexity index is 929. The zero-order valence-electron chi connectivity index (χ0n) is 15.6. The zero-order valence-corrected chi connectivity index (χ0v) is 16.4. The maximum Gasteiger partial charge on any atom is 0.261 e. The normalized spacial score (nSPS) is 15.4. The van der Waals surface area contributed by atoms with E-state index < -0.39 is 0 Å². The van der Waals surface area contributed by atoms with Crippen molar-refractivity contribution in [2.75, 3.05) is 25.0 Å². The molecule has 4 rings (SSSR count). The van der Waals surface area contributed by atoms with Crippen LogP contribution >= 0.6 is 11.3 Å². The molecule has 3 aromatic rings. The average molecular weight is 394 g/mol. The molecule has 2 amide bonds. The molecule has 1 fully saturated rings. The number of carbonyl (C=O) groups excluding carboxylic acids is 2. The Morgan fingerprint density at radius 3 is 2.46 bits per heavy atom. The number of amides is 2. The SMILES string of the molecule is O=C(CN1CCC(NC(=O)c2cc3ccccc3s2)CC1)Nc1ccccc1. The highest BCUT2D eigenvalue weighted by Gasteiger charge is 2.23. The van der Waals surface area contributed by atoms with Gasteiger partial charge in [-0.25, -0.2) is 0 Å². The molecule has 2 heterocycles. The lowest BCUT2D eigenvalue weighted by Crippen LogP contribution is -2.46. The van der Waals surface area contributed by atoms with Crippen LogP contribution in [0.5, 0.6) is 0 Å². The summed E-state index contributed by atoms with van der Waals surface area (Å²) in [4.78, 5) is 27.7. The van der Waals surface area contributed by atoms with Gasteiger partial charge < -0.3 is 10.6 Å². The van der Waals surface area contributed by atoms with Crippen molar-refractivity contribution in [3.8, 4) is 0 Å². The number of hydrogen-bond donors (Lipinski definition) is 2. The maximum absolute atomic E-state index is 12.6. The molecule has 2 aromatic carbocycles. The number of nitrogens with one attached hydrogen (secondary N) is 2. The predicted molar refractivity (Wildman–Crippen MR) is 114 cm³/mol. The van der Waals surface area contributed by atoms with Gasteiger partial charge in [0.1, 0.15) is 0 Å². The summed E-state index contributed by atoms with van der Waals surface area (Å²) in [5.74, 6) is 0.000400. The van der Waals surface area contributed by atoms with E-state index in [9.17, 15) is 9.59 Å². The van der Waals surface area contributed by atoms with E-state index in [1.807, 2.05) is 60.7 Å². The lowest BCUT2D eigenvalue weighted by molar-refractivity contribution is -0.117. The molecule has 1 aliphatic heterocycles. The highest BCUT2D eigenvalue weighted by atomic mass is 32.1. The van der Waals surface area contributed by atoms with E-state index in [2.05, 4.69) is 15.5 Å². The standard InChI is InChI=1S/C22H23N3O2S/c26-21(23-17-7-2-1-3-8-17)15-25-12-10-18(11-13-25)24-22(27)20-14-16-6-4-5-9-19(16)28-20/h1-9,14,18H,10-13,15H2,(H,23,26)(H,24,27). The molecule has 1 saturated heterocycles. The number of hydrogen-bond acceptors (Lipinski definition) is 4. The number of anilines is 1. The topological polar surface area (TPSA) is 61.4 Å². The van der Waals surface area contributed by atoms with Gasteiger partial charge >= 0.3 is 0 Å². The van der Waals surface area contributed by atoms with Gasteiger partial charge in [-0.05, 0) is 42.5 Å². The summed E-state index contributed by atoms with van der Waals surface area (Å²) >= 11 is 1.53. The molecule has 1 aliphatic rings. The van der Waals surface area contributed by atoms with Crippen LogP contribution in [-0.4, -0.2) is 42.4 Å². The highest BCUT2D eigenvalue weighted by molar-refractivity contribution is 7.20. The van der Waals surface area contributed by atoms with Crippen LogP contribution in [0.15, 0.2) is 60.7 Å². The van der Waals surface area contributed by atoms with Crippen molar-refractivity contribution in [2.45, 2.75) is 18.9 Å². The molecule has 0 unspecified atom stereocenters. The number of likely N-dealkylation sites (tertiary alicyclic amines) is 1. The van der Waals surface area contributed by atoms with Crippen LogP contribution in [0.3, 0.4) is 0 Å². The predicted octanol–water partition coefficient (Wildman–Crippen LogP) is 3.73. The van der Waals surface area contributed by atoms with Gasteiger partial charge in [0, 0.05) is 29.5 Å². The number of fused-ring (bicyclic) bond motifs is 1. The number of nitrogens with zero attached hydrogens (tertiary/aromatic N) is 1. The first-order chi connectivity index (χ1) is 13.7. The quantitative estimate of drug-likeness (QED) is 0.694. The first-order valence-corrected chi connectivity index (χ1v) is 10.4. The minimum absolute atomic E-state index is 0.000962. The van der Waals surface area contributed by atoms with Gasteiger partial charge in [0.05, 0.1) is 11.4 Å². The third kappa shape index (κ3) is 4.58. The van der Waals surface area contributed by atoms with E-state index in [1.54, 1.807) is 0 Å². The second-order valence-electron chi connectivity index (χ2n) is 7.09. The van der Waals surface area contributed by atoms with E-state index in [4.69, 9.17) is 0 Å². The molecule has 0 atom stereocenters. The van der Waals surface area contributed by atoms with E-state index >= 15 is 0 Å². The molecule has 0 radical (unpaired) electrons. The summed E-state index contributed by atoms with van der Waals surface area (Å²) in [5, 5.41) is 7.18. The molecule has 0 spiro atoms. The number of rotatable bonds is 5. The molecule has 144 valence electrons. The Kier molecular flexibility index (Phi) is 5.69.